The number of rotatable bonds is 5. The molecule has 0 aliphatic heterocycles. The molecule has 0 bridgehead atoms. The molecule has 22 heavy (non-hydrogen) atoms. The number of halogens is 2. The Bertz CT molecular complexity index is 844. The van der Waals surface area contributed by atoms with E-state index in [-0.39, 0.29) is 29.5 Å². The van der Waals surface area contributed by atoms with Crippen LogP contribution in [0.15, 0.2) is 26.3 Å². The SMILES string of the molecule is CNCCNS(=O)(=O)c1cc2c(cc1Br)n(C)c(=O)n2C.Cl. The van der Waals surface area contributed by atoms with Gasteiger partial charge in [-0.25, -0.2) is 17.9 Å². The normalized spacial score (nSPS) is 11.6. The largest absolute Gasteiger partial charge is 0.328 e. The second kappa shape index (κ2) is 7.14. The van der Waals surface area contributed by atoms with E-state index in [9.17, 15) is 13.2 Å². The summed E-state index contributed by atoms with van der Waals surface area (Å²) in [6, 6.07) is 3.14. The lowest BCUT2D eigenvalue weighted by molar-refractivity contribution is 0.579. The van der Waals surface area contributed by atoms with Crippen molar-refractivity contribution in [3.63, 3.8) is 0 Å². The van der Waals surface area contributed by atoms with Crippen LogP contribution >= 0.6 is 28.3 Å². The maximum atomic E-state index is 12.3. The van der Waals surface area contributed by atoms with Crippen LogP contribution in [0.1, 0.15) is 0 Å². The van der Waals surface area contributed by atoms with Crippen molar-refractivity contribution in [2.75, 3.05) is 20.1 Å². The second-order valence-corrected chi connectivity index (χ2v) is 7.26. The molecule has 2 aromatic rings. The third kappa shape index (κ3) is 3.38. The number of benzene rings is 1. The number of aromatic nitrogens is 2. The highest BCUT2D eigenvalue weighted by Gasteiger charge is 2.20. The van der Waals surface area contributed by atoms with Crippen molar-refractivity contribution in [1.82, 2.24) is 19.2 Å². The van der Waals surface area contributed by atoms with Crippen molar-refractivity contribution in [2.24, 2.45) is 14.1 Å². The molecule has 0 saturated heterocycles. The van der Waals surface area contributed by atoms with E-state index in [1.165, 1.54) is 15.2 Å². The van der Waals surface area contributed by atoms with Crippen LogP contribution in [-0.2, 0) is 24.1 Å². The minimum Gasteiger partial charge on any atom is -0.318 e. The van der Waals surface area contributed by atoms with Gasteiger partial charge in [0.15, 0.2) is 0 Å². The maximum Gasteiger partial charge on any atom is 0.328 e. The van der Waals surface area contributed by atoms with Gasteiger partial charge in [0.1, 0.15) is 0 Å². The van der Waals surface area contributed by atoms with Crippen LogP contribution in [-0.4, -0.2) is 37.7 Å². The van der Waals surface area contributed by atoms with Crippen molar-refractivity contribution < 1.29 is 8.42 Å². The van der Waals surface area contributed by atoms with Crippen LogP contribution in [0.4, 0.5) is 0 Å². The van der Waals surface area contributed by atoms with Crippen LogP contribution in [0.2, 0.25) is 0 Å². The van der Waals surface area contributed by atoms with Gasteiger partial charge < -0.3 is 5.32 Å². The Morgan fingerprint density at radius 3 is 2.23 bits per heavy atom. The molecule has 1 aromatic carbocycles. The lowest BCUT2D eigenvalue weighted by atomic mass is 10.3. The van der Waals surface area contributed by atoms with E-state index in [4.69, 9.17) is 0 Å². The van der Waals surface area contributed by atoms with E-state index in [1.807, 2.05) is 0 Å². The van der Waals surface area contributed by atoms with Crippen molar-refractivity contribution >= 4 is 49.4 Å². The van der Waals surface area contributed by atoms with Crippen molar-refractivity contribution in [3.8, 4) is 0 Å². The Morgan fingerprint density at radius 1 is 1.14 bits per heavy atom. The van der Waals surface area contributed by atoms with Gasteiger partial charge in [-0.3, -0.25) is 9.13 Å². The Morgan fingerprint density at radius 2 is 1.68 bits per heavy atom. The number of aryl methyl sites for hydroxylation is 2. The molecule has 2 N–H and O–H groups in total. The first-order chi connectivity index (χ1) is 9.79. The number of fused-ring (bicyclic) bond motifs is 1. The molecule has 124 valence electrons. The van der Waals surface area contributed by atoms with Gasteiger partial charge in [-0.2, -0.15) is 0 Å². The van der Waals surface area contributed by atoms with Gasteiger partial charge in [0.25, 0.3) is 0 Å². The minimum atomic E-state index is -3.64. The summed E-state index contributed by atoms with van der Waals surface area (Å²) in [5.41, 5.74) is 1.04. The predicted octanol–water partition coefficient (Wildman–Crippen LogP) is 0.559. The smallest absolute Gasteiger partial charge is 0.318 e. The maximum absolute atomic E-state index is 12.3. The lowest BCUT2D eigenvalue weighted by Gasteiger charge is -2.09. The summed E-state index contributed by atoms with van der Waals surface area (Å²) in [4.78, 5) is 12.0. The molecule has 0 atom stereocenters. The van der Waals surface area contributed by atoms with E-state index in [2.05, 4.69) is 26.0 Å². The molecule has 0 fully saturated rings. The van der Waals surface area contributed by atoms with Gasteiger partial charge in [-0.15, -0.1) is 12.4 Å². The van der Waals surface area contributed by atoms with Crippen molar-refractivity contribution in [3.05, 3.63) is 27.1 Å². The zero-order valence-corrected chi connectivity index (χ0v) is 15.6. The van der Waals surface area contributed by atoms with E-state index in [0.29, 0.717) is 22.1 Å². The summed E-state index contributed by atoms with van der Waals surface area (Å²) in [5, 5.41) is 2.87. The van der Waals surface area contributed by atoms with Gasteiger partial charge in [0.05, 0.1) is 15.9 Å². The summed E-state index contributed by atoms with van der Waals surface area (Å²) in [6.07, 6.45) is 0. The molecule has 0 saturated carbocycles. The summed E-state index contributed by atoms with van der Waals surface area (Å²) in [7, 11) is 1.37. The van der Waals surface area contributed by atoms with Crippen LogP contribution in [0.5, 0.6) is 0 Å². The molecule has 1 aromatic heterocycles. The van der Waals surface area contributed by atoms with Crippen molar-refractivity contribution in [1.29, 1.82) is 0 Å². The second-order valence-electron chi connectivity index (χ2n) is 4.67. The number of likely N-dealkylation sites (N-methyl/N-ethyl adjacent to an activating group) is 1. The van der Waals surface area contributed by atoms with Gasteiger partial charge in [-0.05, 0) is 35.1 Å². The number of nitrogens with zero attached hydrogens (tertiary/aromatic N) is 2. The summed E-state index contributed by atoms with van der Waals surface area (Å²) >= 11 is 3.27. The van der Waals surface area contributed by atoms with Gasteiger partial charge in [-0.1, -0.05) is 0 Å². The van der Waals surface area contributed by atoms with E-state index >= 15 is 0 Å². The Hall–Kier alpha value is -0.870. The molecule has 0 unspecified atom stereocenters. The molecule has 0 spiro atoms. The fourth-order valence-electron chi connectivity index (χ4n) is 2.09. The van der Waals surface area contributed by atoms with Gasteiger partial charge in [0.2, 0.25) is 10.0 Å². The molecule has 2 rings (SSSR count). The third-order valence-corrected chi connectivity index (χ3v) is 5.70. The Kier molecular flexibility index (Phi) is 6.22. The van der Waals surface area contributed by atoms with Gasteiger partial charge in [0, 0.05) is 31.7 Å². The number of hydrogen-bond donors (Lipinski definition) is 2. The van der Waals surface area contributed by atoms with E-state index in [0.717, 1.165) is 0 Å². The standard InChI is InChI=1S/C12H17BrN4O3S.ClH/c1-14-4-5-15-21(19,20)11-7-10-9(6-8(11)13)16(2)12(18)17(10)3;/h6-7,14-15H,4-5H2,1-3H3;1H. The first-order valence-corrected chi connectivity index (χ1v) is 8.56. The monoisotopic (exact) mass is 412 g/mol. The molecule has 0 radical (unpaired) electrons. The highest BCUT2D eigenvalue weighted by Crippen LogP contribution is 2.27. The van der Waals surface area contributed by atoms with Crippen LogP contribution in [0.25, 0.3) is 11.0 Å². The zero-order valence-electron chi connectivity index (χ0n) is 12.4. The Balaban J connectivity index is 0.00000242. The lowest BCUT2D eigenvalue weighted by Crippen LogP contribution is -2.30. The highest BCUT2D eigenvalue weighted by atomic mass is 79.9. The number of sulfonamides is 1. The average Bonchev–Trinajstić information content (AvgIpc) is 2.63. The summed E-state index contributed by atoms with van der Waals surface area (Å²) < 4.78 is 30.5. The molecule has 10 heteroatoms. The predicted molar refractivity (Wildman–Crippen MR) is 92.2 cm³/mol. The van der Waals surface area contributed by atoms with Crippen LogP contribution in [0.3, 0.4) is 0 Å². The molecule has 0 amide bonds. The first-order valence-electron chi connectivity index (χ1n) is 6.29. The van der Waals surface area contributed by atoms with Crippen LogP contribution < -0.4 is 15.7 Å². The first kappa shape index (κ1) is 19.2. The van der Waals surface area contributed by atoms with Crippen LogP contribution in [0, 0.1) is 0 Å². The number of nitrogens with one attached hydrogen (secondary N) is 2. The average molecular weight is 414 g/mol. The number of hydrogen-bond acceptors (Lipinski definition) is 4. The fourth-order valence-corrected chi connectivity index (χ4v) is 4.17. The molecule has 1 heterocycles. The highest BCUT2D eigenvalue weighted by molar-refractivity contribution is 9.10. The van der Waals surface area contributed by atoms with E-state index in [1.54, 1.807) is 27.2 Å². The minimum absolute atomic E-state index is 0. The summed E-state index contributed by atoms with van der Waals surface area (Å²) in [6.45, 7) is 0.819. The zero-order chi connectivity index (χ0) is 15.8. The van der Waals surface area contributed by atoms with E-state index < -0.39 is 10.0 Å². The quantitative estimate of drug-likeness (QED) is 0.702. The molecular weight excluding hydrogens is 396 g/mol. The Labute approximate surface area is 143 Å². The van der Waals surface area contributed by atoms with Gasteiger partial charge >= 0.3 is 5.69 Å². The van der Waals surface area contributed by atoms with Crippen molar-refractivity contribution in [2.45, 2.75) is 4.90 Å². The summed E-state index contributed by atoms with van der Waals surface area (Å²) in [5.74, 6) is 0. The molecule has 7 nitrogen and oxygen atoms in total. The molecule has 0 aliphatic carbocycles. The topological polar surface area (TPSA) is 85.1 Å². The third-order valence-electron chi connectivity index (χ3n) is 3.28. The fraction of sp³-hybridized carbons (Fsp3) is 0.417. The number of imidazole rings is 1. The molecular formula is C12H18BrClN4O3S. The molecule has 0 aliphatic rings.